The molecule has 102 valence electrons. The molecule has 7 nitrogen and oxygen atoms in total. The number of aryl methyl sites for hydroxylation is 1. The van der Waals surface area contributed by atoms with Crippen LogP contribution in [-0.4, -0.2) is 41.1 Å². The largest absolute Gasteiger partial charge is 0.368 e. The molecule has 2 rings (SSSR count). The van der Waals surface area contributed by atoms with Gasteiger partial charge in [-0.25, -0.2) is 4.98 Å². The minimum atomic E-state index is 0.224. The summed E-state index contributed by atoms with van der Waals surface area (Å²) < 4.78 is 0. The lowest BCUT2D eigenvalue weighted by atomic mass is 10.4. The van der Waals surface area contributed by atoms with Crippen LogP contribution in [0.1, 0.15) is 10.6 Å². The van der Waals surface area contributed by atoms with Crippen LogP contribution in [0.3, 0.4) is 0 Å². The smallest absolute Gasteiger partial charge is 0.232 e. The lowest BCUT2D eigenvalue weighted by Gasteiger charge is -2.18. The average Bonchev–Trinajstić information content (AvgIpc) is 2.74. The predicted molar refractivity (Wildman–Crippen MR) is 77.5 cm³/mol. The maximum absolute atomic E-state index is 5.71. The van der Waals surface area contributed by atoms with Crippen LogP contribution in [-0.2, 0) is 6.54 Å². The van der Waals surface area contributed by atoms with E-state index in [9.17, 15) is 0 Å². The number of anilines is 3. The van der Waals surface area contributed by atoms with Crippen molar-refractivity contribution in [3.8, 4) is 0 Å². The number of hydrogen-bond donors (Lipinski definition) is 1. The first-order valence-electron chi connectivity index (χ1n) is 5.76. The Morgan fingerprint density at radius 3 is 2.42 bits per heavy atom. The van der Waals surface area contributed by atoms with E-state index in [1.165, 1.54) is 4.88 Å². The lowest BCUT2D eigenvalue weighted by molar-refractivity contribution is 0.849. The highest BCUT2D eigenvalue weighted by Crippen LogP contribution is 2.18. The van der Waals surface area contributed by atoms with E-state index in [1.807, 2.05) is 38.5 Å². The van der Waals surface area contributed by atoms with E-state index in [2.05, 4.69) is 19.9 Å². The van der Waals surface area contributed by atoms with Crippen LogP contribution in [0.15, 0.2) is 5.51 Å². The second kappa shape index (κ2) is 5.35. The molecule has 0 saturated heterocycles. The SMILES string of the molecule is Cc1ncsc1CN(C)c1nc(N)nc(N(C)C)n1. The molecular weight excluding hydrogens is 262 g/mol. The number of rotatable bonds is 4. The molecule has 2 aromatic rings. The molecule has 0 bridgehead atoms. The summed E-state index contributed by atoms with van der Waals surface area (Å²) in [7, 11) is 5.66. The van der Waals surface area contributed by atoms with Gasteiger partial charge in [-0.2, -0.15) is 15.0 Å². The van der Waals surface area contributed by atoms with Gasteiger partial charge in [0.2, 0.25) is 17.8 Å². The van der Waals surface area contributed by atoms with Crippen LogP contribution in [0, 0.1) is 6.92 Å². The number of nitrogen functional groups attached to an aromatic ring is 1. The van der Waals surface area contributed by atoms with Gasteiger partial charge in [0.25, 0.3) is 0 Å². The molecule has 0 aliphatic carbocycles. The van der Waals surface area contributed by atoms with Gasteiger partial charge in [0, 0.05) is 26.0 Å². The second-order valence-electron chi connectivity index (χ2n) is 4.41. The summed E-state index contributed by atoms with van der Waals surface area (Å²) in [5.41, 5.74) is 8.59. The van der Waals surface area contributed by atoms with Crippen LogP contribution < -0.4 is 15.5 Å². The van der Waals surface area contributed by atoms with Crippen LogP contribution in [0.5, 0.6) is 0 Å². The van der Waals surface area contributed by atoms with E-state index in [0.717, 1.165) is 5.69 Å². The zero-order chi connectivity index (χ0) is 14.0. The molecule has 0 aliphatic heterocycles. The highest BCUT2D eigenvalue weighted by atomic mass is 32.1. The Balaban J connectivity index is 2.23. The number of thiazole rings is 1. The van der Waals surface area contributed by atoms with E-state index in [-0.39, 0.29) is 5.95 Å². The summed E-state index contributed by atoms with van der Waals surface area (Å²) in [5, 5.41) is 0. The summed E-state index contributed by atoms with van der Waals surface area (Å²) in [6.45, 7) is 2.69. The Hall–Kier alpha value is -1.96. The van der Waals surface area contributed by atoms with Crippen LogP contribution >= 0.6 is 11.3 Å². The molecule has 0 unspecified atom stereocenters. The molecule has 0 atom stereocenters. The van der Waals surface area contributed by atoms with E-state index in [4.69, 9.17) is 5.73 Å². The molecule has 0 amide bonds. The molecule has 0 fully saturated rings. The first-order valence-corrected chi connectivity index (χ1v) is 6.64. The Kier molecular flexibility index (Phi) is 3.79. The molecule has 8 heteroatoms. The molecule has 0 spiro atoms. The summed E-state index contributed by atoms with van der Waals surface area (Å²) in [6, 6.07) is 0. The molecule has 0 saturated carbocycles. The number of aromatic nitrogens is 4. The number of nitrogens with two attached hydrogens (primary N) is 1. The maximum atomic E-state index is 5.71. The summed E-state index contributed by atoms with van der Waals surface area (Å²) in [5.74, 6) is 1.33. The number of hydrogen-bond acceptors (Lipinski definition) is 8. The minimum absolute atomic E-state index is 0.224. The third kappa shape index (κ3) is 3.08. The fraction of sp³-hybridized carbons (Fsp3) is 0.455. The molecule has 0 aromatic carbocycles. The van der Waals surface area contributed by atoms with Crippen molar-refractivity contribution >= 4 is 29.2 Å². The maximum Gasteiger partial charge on any atom is 0.232 e. The predicted octanol–water partition coefficient (Wildman–Crippen LogP) is 0.921. The summed E-state index contributed by atoms with van der Waals surface area (Å²) in [6.07, 6.45) is 0. The van der Waals surface area contributed by atoms with Crippen LogP contribution in [0.4, 0.5) is 17.8 Å². The molecule has 0 radical (unpaired) electrons. The van der Waals surface area contributed by atoms with Crippen molar-refractivity contribution in [1.29, 1.82) is 0 Å². The van der Waals surface area contributed by atoms with Crippen molar-refractivity contribution < 1.29 is 0 Å². The van der Waals surface area contributed by atoms with Gasteiger partial charge in [0.1, 0.15) is 0 Å². The third-order valence-electron chi connectivity index (χ3n) is 2.60. The zero-order valence-corrected chi connectivity index (χ0v) is 12.3. The van der Waals surface area contributed by atoms with Gasteiger partial charge in [-0.15, -0.1) is 11.3 Å². The van der Waals surface area contributed by atoms with Crippen molar-refractivity contribution in [3.63, 3.8) is 0 Å². The molecule has 2 heterocycles. The van der Waals surface area contributed by atoms with Gasteiger partial charge in [0.15, 0.2) is 0 Å². The molecule has 2 aromatic heterocycles. The number of nitrogens with zero attached hydrogens (tertiary/aromatic N) is 6. The van der Waals surface area contributed by atoms with E-state index in [1.54, 1.807) is 16.2 Å². The van der Waals surface area contributed by atoms with Crippen molar-refractivity contribution in [1.82, 2.24) is 19.9 Å². The highest BCUT2D eigenvalue weighted by Gasteiger charge is 2.12. The van der Waals surface area contributed by atoms with Crippen molar-refractivity contribution in [2.24, 2.45) is 0 Å². The van der Waals surface area contributed by atoms with E-state index >= 15 is 0 Å². The Bertz CT molecular complexity index is 566. The van der Waals surface area contributed by atoms with Gasteiger partial charge < -0.3 is 15.5 Å². The fourth-order valence-corrected chi connectivity index (χ4v) is 2.33. The first-order chi connectivity index (χ1) is 8.97. The standard InChI is InChI=1S/C11H17N7S/c1-7-8(19-6-13-7)5-18(4)11-15-9(12)14-10(16-11)17(2)3/h6H,5H2,1-4H3,(H2,12,14,15,16). The normalized spacial score (nSPS) is 10.5. The van der Waals surface area contributed by atoms with E-state index < -0.39 is 0 Å². The van der Waals surface area contributed by atoms with Crippen molar-refractivity contribution in [3.05, 3.63) is 16.1 Å². The first kappa shape index (κ1) is 13.5. The van der Waals surface area contributed by atoms with Gasteiger partial charge in [0.05, 0.1) is 17.7 Å². The van der Waals surface area contributed by atoms with Crippen LogP contribution in [0.25, 0.3) is 0 Å². The minimum Gasteiger partial charge on any atom is -0.368 e. The second-order valence-corrected chi connectivity index (χ2v) is 5.34. The lowest BCUT2D eigenvalue weighted by Crippen LogP contribution is -2.22. The van der Waals surface area contributed by atoms with Crippen LogP contribution in [0.2, 0.25) is 0 Å². The molecule has 2 N–H and O–H groups in total. The zero-order valence-electron chi connectivity index (χ0n) is 11.5. The topological polar surface area (TPSA) is 84.1 Å². The molecule has 0 aliphatic rings. The Labute approximate surface area is 116 Å². The summed E-state index contributed by atoms with van der Waals surface area (Å²) >= 11 is 1.62. The fourth-order valence-electron chi connectivity index (χ4n) is 1.50. The quantitative estimate of drug-likeness (QED) is 0.890. The van der Waals surface area contributed by atoms with Gasteiger partial charge in [-0.3, -0.25) is 0 Å². The summed E-state index contributed by atoms with van der Waals surface area (Å²) in [4.78, 5) is 21.8. The Morgan fingerprint density at radius 2 is 1.84 bits per heavy atom. The van der Waals surface area contributed by atoms with Crippen molar-refractivity contribution in [2.45, 2.75) is 13.5 Å². The van der Waals surface area contributed by atoms with Gasteiger partial charge in [-0.1, -0.05) is 0 Å². The van der Waals surface area contributed by atoms with E-state index in [0.29, 0.717) is 18.4 Å². The molecular formula is C11H17N7S. The Morgan fingerprint density at radius 1 is 1.16 bits per heavy atom. The van der Waals surface area contributed by atoms with Crippen molar-refractivity contribution in [2.75, 3.05) is 36.7 Å². The average molecular weight is 279 g/mol. The van der Waals surface area contributed by atoms with Gasteiger partial charge in [-0.05, 0) is 6.92 Å². The third-order valence-corrected chi connectivity index (χ3v) is 3.52. The van der Waals surface area contributed by atoms with Gasteiger partial charge >= 0.3 is 0 Å². The monoisotopic (exact) mass is 279 g/mol. The molecule has 19 heavy (non-hydrogen) atoms. The highest BCUT2D eigenvalue weighted by molar-refractivity contribution is 7.09.